The SMILES string of the molecule is CC1=[O+][SiH-]Oc2cc([N+](=O)[O-])ccc21. The molecule has 0 unspecified atom stereocenters. The largest absolute Gasteiger partial charge is 0.618 e. The molecule has 0 aliphatic carbocycles. The van der Waals surface area contributed by atoms with Crippen molar-refractivity contribution in [3.8, 4) is 5.75 Å². The van der Waals surface area contributed by atoms with Gasteiger partial charge in [-0.25, -0.2) is 0 Å². The number of rotatable bonds is 1. The molecule has 0 atom stereocenters. The standard InChI is InChI=1S/C8H7NO4Si/c1-5-7-3-2-6(9(10)11)4-8(7)13-14-12-5/h2-4,14H,1H3. The zero-order valence-electron chi connectivity index (χ0n) is 7.39. The summed E-state index contributed by atoms with van der Waals surface area (Å²) in [5.41, 5.74) is 0.826. The molecule has 14 heavy (non-hydrogen) atoms. The number of non-ortho nitro benzene ring substituents is 1. The van der Waals surface area contributed by atoms with Gasteiger partial charge in [-0.3, -0.25) is 10.1 Å². The molecular weight excluding hydrogens is 202 g/mol. The summed E-state index contributed by atoms with van der Waals surface area (Å²) < 4.78 is 10.4. The molecule has 6 heteroatoms. The second kappa shape index (κ2) is 3.22. The van der Waals surface area contributed by atoms with Gasteiger partial charge in [-0.2, -0.15) is 0 Å². The van der Waals surface area contributed by atoms with Crippen LogP contribution in [0.4, 0.5) is 5.69 Å². The molecule has 5 nitrogen and oxygen atoms in total. The Morgan fingerprint density at radius 1 is 1.57 bits per heavy atom. The highest BCUT2D eigenvalue weighted by molar-refractivity contribution is 6.22. The van der Waals surface area contributed by atoms with Gasteiger partial charge in [0.05, 0.1) is 11.0 Å². The molecule has 1 aliphatic heterocycles. The minimum atomic E-state index is -0.584. The van der Waals surface area contributed by atoms with E-state index in [9.17, 15) is 10.1 Å². The lowest BCUT2D eigenvalue weighted by atomic mass is 10.1. The number of nitrogens with zero attached hydrogens (tertiary/aromatic N) is 1. The number of hydrogen-bond acceptors (Lipinski definition) is 3. The summed E-state index contributed by atoms with van der Waals surface area (Å²) >= 11 is 0. The molecule has 0 fully saturated rings. The zero-order valence-corrected chi connectivity index (χ0v) is 8.54. The number of ketones is 1. The van der Waals surface area contributed by atoms with E-state index in [0.29, 0.717) is 5.75 Å². The van der Waals surface area contributed by atoms with E-state index in [1.165, 1.54) is 12.1 Å². The summed E-state index contributed by atoms with van der Waals surface area (Å²) in [4.78, 5) is 10.0. The Bertz CT molecular complexity index is 429. The molecule has 0 aromatic heterocycles. The van der Waals surface area contributed by atoms with E-state index < -0.39 is 14.9 Å². The summed E-state index contributed by atoms with van der Waals surface area (Å²) in [6.07, 6.45) is 0. The predicted octanol–water partition coefficient (Wildman–Crippen LogP) is 0.992. The highest BCUT2D eigenvalue weighted by Crippen LogP contribution is 2.26. The average molecular weight is 209 g/mol. The van der Waals surface area contributed by atoms with Crippen LogP contribution in [0.2, 0.25) is 0 Å². The van der Waals surface area contributed by atoms with E-state index in [4.69, 9.17) is 8.54 Å². The molecule has 0 saturated carbocycles. The van der Waals surface area contributed by atoms with Crippen LogP contribution in [-0.2, 0) is 0 Å². The second-order valence-electron chi connectivity index (χ2n) is 2.83. The van der Waals surface area contributed by atoms with Crippen LogP contribution in [0.25, 0.3) is 0 Å². The lowest BCUT2D eigenvalue weighted by Gasteiger charge is -2.14. The molecule has 1 aliphatic rings. The topological polar surface area (TPSA) is 63.7 Å². The van der Waals surface area contributed by atoms with Crippen molar-refractivity contribution in [3.63, 3.8) is 0 Å². The molecule has 0 amide bonds. The molecule has 0 N–H and O–H groups in total. The van der Waals surface area contributed by atoms with Gasteiger partial charge in [0.25, 0.3) is 11.5 Å². The number of nitro benzene ring substituents is 1. The van der Waals surface area contributed by atoms with Crippen molar-refractivity contribution >= 4 is 21.5 Å². The smallest absolute Gasteiger partial charge is 0.440 e. The molecule has 72 valence electrons. The Labute approximate surface area is 82.2 Å². The number of carbonyl (C=O) groups excluding carboxylic acids is 1. The molecular formula is C8H7NO4Si. The van der Waals surface area contributed by atoms with Crippen molar-refractivity contribution in [2.75, 3.05) is 0 Å². The van der Waals surface area contributed by atoms with Crippen LogP contribution in [0, 0.1) is 10.1 Å². The highest BCUT2D eigenvalue weighted by Gasteiger charge is 2.19. The van der Waals surface area contributed by atoms with Gasteiger partial charge in [0, 0.05) is 13.0 Å². The minimum Gasteiger partial charge on any atom is -0.618 e. The van der Waals surface area contributed by atoms with Gasteiger partial charge in [-0.05, 0) is 6.07 Å². The van der Waals surface area contributed by atoms with E-state index in [1.807, 2.05) is 6.92 Å². The minimum absolute atomic E-state index is 0.0397. The fourth-order valence-corrected chi connectivity index (χ4v) is 1.84. The fourth-order valence-electron chi connectivity index (χ4n) is 1.22. The van der Waals surface area contributed by atoms with Gasteiger partial charge in [0.2, 0.25) is 0 Å². The van der Waals surface area contributed by atoms with Gasteiger partial charge in [-0.15, -0.1) is 0 Å². The van der Waals surface area contributed by atoms with Gasteiger partial charge < -0.3 is 8.54 Å². The number of benzene rings is 1. The van der Waals surface area contributed by atoms with Crippen molar-refractivity contribution in [1.82, 2.24) is 0 Å². The summed E-state index contributed by atoms with van der Waals surface area (Å²) in [6, 6.07) is 4.51. The van der Waals surface area contributed by atoms with E-state index in [2.05, 4.69) is 0 Å². The Balaban J connectivity index is 2.51. The van der Waals surface area contributed by atoms with Crippen molar-refractivity contribution in [1.29, 1.82) is 0 Å². The van der Waals surface area contributed by atoms with E-state index in [1.54, 1.807) is 6.07 Å². The van der Waals surface area contributed by atoms with Crippen LogP contribution in [0.1, 0.15) is 16.6 Å². The Kier molecular flexibility index (Phi) is 2.05. The predicted molar refractivity (Wildman–Crippen MR) is 50.9 cm³/mol. The Morgan fingerprint density at radius 2 is 2.36 bits per heavy atom. The van der Waals surface area contributed by atoms with Crippen molar-refractivity contribution in [2.45, 2.75) is 6.92 Å². The van der Waals surface area contributed by atoms with Crippen LogP contribution in [0.15, 0.2) is 18.2 Å². The molecule has 1 heterocycles. The van der Waals surface area contributed by atoms with Gasteiger partial charge in [-0.1, -0.05) is 0 Å². The van der Waals surface area contributed by atoms with E-state index >= 15 is 0 Å². The Hall–Kier alpha value is -1.69. The average Bonchev–Trinajstić information content (AvgIpc) is 2.17. The monoisotopic (exact) mass is 209 g/mol. The first-order valence-electron chi connectivity index (χ1n) is 3.96. The summed E-state index contributed by atoms with van der Waals surface area (Å²) in [5, 5.41) is 10.5. The fraction of sp³-hybridized carbons (Fsp3) is 0.125. The maximum Gasteiger partial charge on any atom is 0.440 e. The summed E-state index contributed by atoms with van der Waals surface area (Å²) in [6.45, 7) is 1.82. The zero-order chi connectivity index (χ0) is 10.1. The van der Waals surface area contributed by atoms with Gasteiger partial charge >= 0.3 is 10.0 Å². The molecule has 1 aromatic carbocycles. The van der Waals surface area contributed by atoms with Crippen LogP contribution < -0.4 is 4.43 Å². The third-order valence-electron chi connectivity index (χ3n) is 1.96. The van der Waals surface area contributed by atoms with E-state index in [-0.39, 0.29) is 5.69 Å². The quantitative estimate of drug-likeness (QED) is 0.300. The molecule has 2 rings (SSSR count). The third kappa shape index (κ3) is 1.39. The molecule has 1 aromatic rings. The molecule has 0 radical (unpaired) electrons. The maximum atomic E-state index is 10.5. The lowest BCUT2D eigenvalue weighted by molar-refractivity contribution is -0.384. The number of hydrogen-bond donors (Lipinski definition) is 0. The molecule has 0 bridgehead atoms. The number of fused-ring (bicyclic) bond motifs is 1. The first-order valence-corrected chi connectivity index (χ1v) is 4.90. The lowest BCUT2D eigenvalue weighted by Crippen LogP contribution is -2.13. The maximum absolute atomic E-state index is 10.5. The van der Waals surface area contributed by atoms with Crippen LogP contribution >= 0.6 is 0 Å². The van der Waals surface area contributed by atoms with Crippen molar-refractivity contribution < 1.29 is 13.5 Å². The van der Waals surface area contributed by atoms with Crippen LogP contribution in [0.3, 0.4) is 0 Å². The van der Waals surface area contributed by atoms with E-state index in [0.717, 1.165) is 11.3 Å². The Morgan fingerprint density at radius 3 is 3.07 bits per heavy atom. The summed E-state index contributed by atoms with van der Waals surface area (Å²) in [5.74, 6) is 1.30. The van der Waals surface area contributed by atoms with Crippen LogP contribution in [0.5, 0.6) is 5.75 Å². The van der Waals surface area contributed by atoms with Gasteiger partial charge in [0.15, 0.2) is 0 Å². The number of nitro groups is 1. The second-order valence-corrected chi connectivity index (χ2v) is 3.49. The first-order chi connectivity index (χ1) is 6.68. The third-order valence-corrected chi connectivity index (χ3v) is 2.76. The molecule has 0 spiro atoms. The summed E-state index contributed by atoms with van der Waals surface area (Å²) in [7, 11) is -0.584. The molecule has 0 saturated heterocycles. The van der Waals surface area contributed by atoms with Crippen molar-refractivity contribution in [3.05, 3.63) is 33.9 Å². The first kappa shape index (κ1) is 8.89. The van der Waals surface area contributed by atoms with Gasteiger partial charge in [0.1, 0.15) is 11.3 Å². The normalized spacial score (nSPS) is 13.4. The highest BCUT2D eigenvalue weighted by atomic mass is 28.2. The van der Waals surface area contributed by atoms with Crippen molar-refractivity contribution in [2.24, 2.45) is 0 Å². The van der Waals surface area contributed by atoms with Crippen LogP contribution in [-0.4, -0.2) is 20.7 Å².